The minimum absolute atomic E-state index is 0.0108. The number of carbonyl (C=O) groups is 8. The number of carboxylic acid groups (broad SMARTS) is 2. The zero-order valence-corrected chi connectivity index (χ0v) is 25.0. The van der Waals surface area contributed by atoms with Gasteiger partial charge in [-0.1, -0.05) is 0 Å². The van der Waals surface area contributed by atoms with Gasteiger partial charge in [-0.3, -0.25) is 43.3 Å². The fourth-order valence-electron chi connectivity index (χ4n) is 4.39. The molecule has 0 radical (unpaired) electrons. The lowest BCUT2D eigenvalue weighted by Crippen LogP contribution is -2.59. The van der Waals surface area contributed by atoms with E-state index in [0.29, 0.717) is 6.42 Å². The Morgan fingerprint density at radius 1 is 0.848 bits per heavy atom. The number of nitrogens with two attached hydrogens (primary N) is 4. The van der Waals surface area contributed by atoms with E-state index in [2.05, 4.69) is 26.3 Å². The van der Waals surface area contributed by atoms with Gasteiger partial charge in [0.1, 0.15) is 30.7 Å². The molecule has 46 heavy (non-hydrogen) atoms. The molecule has 0 aromatic heterocycles. The summed E-state index contributed by atoms with van der Waals surface area (Å²) < 4.78 is 0. The number of rotatable bonds is 20. The number of likely N-dealkylation sites (tertiary alicyclic amines) is 1. The van der Waals surface area contributed by atoms with Gasteiger partial charge in [-0.2, -0.15) is 0 Å². The quantitative estimate of drug-likeness (QED) is 0.0329. The lowest BCUT2D eigenvalue weighted by molar-refractivity contribution is -0.143. The predicted octanol–water partition coefficient (Wildman–Crippen LogP) is -6.25. The van der Waals surface area contributed by atoms with Crippen molar-refractivity contribution in [1.29, 1.82) is 0 Å². The van der Waals surface area contributed by atoms with Gasteiger partial charge in [0.15, 0.2) is 5.96 Å². The number of primary amides is 1. The first-order valence-corrected chi connectivity index (χ1v) is 14.2. The maximum Gasteiger partial charge on any atom is 0.322 e. The van der Waals surface area contributed by atoms with Crippen LogP contribution in [0.1, 0.15) is 44.9 Å². The summed E-state index contributed by atoms with van der Waals surface area (Å²) in [6, 6.07) is -6.97. The van der Waals surface area contributed by atoms with Crippen LogP contribution >= 0.6 is 0 Å². The maximum absolute atomic E-state index is 13.4. The highest BCUT2D eigenvalue weighted by Crippen LogP contribution is 2.19. The van der Waals surface area contributed by atoms with Crippen LogP contribution in [0, 0.1) is 0 Å². The van der Waals surface area contributed by atoms with Crippen LogP contribution in [0.25, 0.3) is 0 Å². The third-order valence-electron chi connectivity index (χ3n) is 6.67. The first-order valence-electron chi connectivity index (χ1n) is 14.2. The molecule has 1 heterocycles. The highest BCUT2D eigenvalue weighted by molar-refractivity contribution is 5.97. The second kappa shape index (κ2) is 19.4. The number of hydrogen-bond acceptors (Lipinski definition) is 11. The van der Waals surface area contributed by atoms with Crippen molar-refractivity contribution >= 4 is 53.3 Å². The van der Waals surface area contributed by atoms with E-state index in [1.807, 2.05) is 0 Å². The SMILES string of the molecule is NC(=O)C[C@H](NC(=O)[C@@H](N)CCC(=O)O)C(=O)N[C@@H](CO)C(=O)N1CCC[C@H]1C(=O)N[C@@H](CCCN=C(N)N)C(=O)NCC(=O)O. The van der Waals surface area contributed by atoms with Crippen LogP contribution in [-0.2, 0) is 38.4 Å². The van der Waals surface area contributed by atoms with Gasteiger partial charge in [-0.25, -0.2) is 0 Å². The summed E-state index contributed by atoms with van der Waals surface area (Å²) >= 11 is 0. The largest absolute Gasteiger partial charge is 0.481 e. The summed E-state index contributed by atoms with van der Waals surface area (Å²) in [7, 11) is 0. The molecule has 21 nitrogen and oxygen atoms in total. The van der Waals surface area contributed by atoms with Gasteiger partial charge in [-0.05, 0) is 32.1 Å². The van der Waals surface area contributed by atoms with Gasteiger partial charge >= 0.3 is 11.9 Å². The third-order valence-corrected chi connectivity index (χ3v) is 6.67. The van der Waals surface area contributed by atoms with Crippen molar-refractivity contribution < 1.29 is 53.7 Å². The Balaban J connectivity index is 3.02. The minimum atomic E-state index is -1.64. The summed E-state index contributed by atoms with van der Waals surface area (Å²) in [6.07, 6.45) is -0.724. The lowest BCUT2D eigenvalue weighted by atomic mass is 10.1. The van der Waals surface area contributed by atoms with Gasteiger partial charge in [0.2, 0.25) is 35.4 Å². The molecule has 1 aliphatic heterocycles. The number of carboxylic acids is 2. The van der Waals surface area contributed by atoms with Crippen LogP contribution in [0.15, 0.2) is 4.99 Å². The molecule has 1 aliphatic rings. The Morgan fingerprint density at radius 3 is 2.07 bits per heavy atom. The molecule has 0 spiro atoms. The van der Waals surface area contributed by atoms with Crippen LogP contribution in [0.2, 0.25) is 0 Å². The van der Waals surface area contributed by atoms with E-state index >= 15 is 0 Å². The molecule has 0 bridgehead atoms. The second-order valence-electron chi connectivity index (χ2n) is 10.3. The number of aliphatic hydroxyl groups is 1. The second-order valence-corrected chi connectivity index (χ2v) is 10.3. The van der Waals surface area contributed by atoms with E-state index < -0.39 is 104 Å². The molecule has 1 rings (SSSR count). The van der Waals surface area contributed by atoms with E-state index in [9.17, 15) is 43.5 Å². The normalized spacial score (nSPS) is 16.6. The number of aliphatic imine (C=N–C) groups is 1. The molecule has 0 saturated carbocycles. The number of nitrogens with one attached hydrogen (secondary N) is 4. The summed E-state index contributed by atoms with van der Waals surface area (Å²) in [4.78, 5) is 103. The van der Waals surface area contributed by atoms with Crippen LogP contribution < -0.4 is 44.2 Å². The van der Waals surface area contributed by atoms with Crippen LogP contribution in [-0.4, -0.2) is 130 Å². The van der Waals surface area contributed by atoms with E-state index in [4.69, 9.17) is 33.1 Å². The zero-order chi connectivity index (χ0) is 35.0. The number of guanidine groups is 1. The molecule has 15 N–H and O–H groups in total. The smallest absolute Gasteiger partial charge is 0.322 e. The predicted molar refractivity (Wildman–Crippen MR) is 157 cm³/mol. The Morgan fingerprint density at radius 2 is 1.50 bits per heavy atom. The summed E-state index contributed by atoms with van der Waals surface area (Å²) in [5.41, 5.74) is 21.4. The Labute approximate surface area is 262 Å². The van der Waals surface area contributed by atoms with Crippen LogP contribution in [0.4, 0.5) is 0 Å². The molecule has 21 heteroatoms. The number of nitrogens with zero attached hydrogens (tertiary/aromatic N) is 2. The van der Waals surface area contributed by atoms with Gasteiger partial charge in [-0.15, -0.1) is 0 Å². The average molecular weight is 659 g/mol. The highest BCUT2D eigenvalue weighted by Gasteiger charge is 2.39. The molecule has 0 aromatic carbocycles. The van der Waals surface area contributed by atoms with Crippen molar-refractivity contribution in [3.63, 3.8) is 0 Å². The number of aliphatic carboxylic acids is 2. The van der Waals surface area contributed by atoms with E-state index in [1.165, 1.54) is 0 Å². The van der Waals surface area contributed by atoms with Gasteiger partial charge in [0, 0.05) is 19.5 Å². The molecule has 258 valence electrons. The average Bonchev–Trinajstić information content (AvgIpc) is 3.47. The standard InChI is InChI=1S/C25H42N10O11/c26-12(5-6-18(38)39)20(42)33-14(9-17(27)37)22(44)34-15(11-36)24(46)35-8-2-4-16(35)23(45)32-13(3-1-7-30-25(28)29)21(43)31-10-19(40)41/h12-16,36H,1-11,26H2,(H2,27,37)(H,31,43)(H,32,45)(H,33,42)(H,34,44)(H,38,39)(H,40,41)(H4,28,29,30)/t12-,13-,14-,15-,16-/m0/s1. The number of hydrogen-bond donors (Lipinski definition) is 11. The molecule has 0 aliphatic carbocycles. The minimum Gasteiger partial charge on any atom is -0.481 e. The third kappa shape index (κ3) is 13.7. The number of aliphatic hydroxyl groups excluding tert-OH is 1. The van der Waals surface area contributed by atoms with Crippen molar-refractivity contribution in [1.82, 2.24) is 26.2 Å². The van der Waals surface area contributed by atoms with Crippen molar-refractivity contribution in [2.45, 2.75) is 75.2 Å². The molecule has 0 unspecified atom stereocenters. The molecular weight excluding hydrogens is 616 g/mol. The lowest BCUT2D eigenvalue weighted by Gasteiger charge is -2.30. The monoisotopic (exact) mass is 658 g/mol. The van der Waals surface area contributed by atoms with E-state index in [0.717, 1.165) is 4.90 Å². The molecule has 0 aromatic rings. The number of carbonyl (C=O) groups excluding carboxylic acids is 6. The van der Waals surface area contributed by atoms with Crippen molar-refractivity contribution in [2.75, 3.05) is 26.2 Å². The van der Waals surface area contributed by atoms with E-state index in [-0.39, 0.29) is 44.7 Å². The van der Waals surface area contributed by atoms with Crippen molar-refractivity contribution in [3.8, 4) is 0 Å². The summed E-state index contributed by atoms with van der Waals surface area (Å²) in [5, 5.41) is 36.6. The van der Waals surface area contributed by atoms with Crippen LogP contribution in [0.5, 0.6) is 0 Å². The molecule has 6 amide bonds. The van der Waals surface area contributed by atoms with Gasteiger partial charge in [0.25, 0.3) is 0 Å². The Bertz CT molecular complexity index is 1180. The van der Waals surface area contributed by atoms with Crippen molar-refractivity contribution in [3.05, 3.63) is 0 Å². The molecule has 1 saturated heterocycles. The van der Waals surface area contributed by atoms with E-state index in [1.54, 1.807) is 0 Å². The molecule has 5 atom stereocenters. The maximum atomic E-state index is 13.4. The Hall–Kier alpha value is -5.05. The summed E-state index contributed by atoms with van der Waals surface area (Å²) in [6.45, 7) is -1.52. The molecular formula is C25H42N10O11. The first kappa shape index (κ1) is 39.0. The van der Waals surface area contributed by atoms with Crippen LogP contribution in [0.3, 0.4) is 0 Å². The zero-order valence-electron chi connectivity index (χ0n) is 25.0. The topological polar surface area (TPSA) is 365 Å². The Kier molecular flexibility index (Phi) is 16.4. The van der Waals surface area contributed by atoms with Gasteiger partial charge in [0.05, 0.1) is 19.1 Å². The van der Waals surface area contributed by atoms with Crippen molar-refractivity contribution in [2.24, 2.45) is 27.9 Å². The highest BCUT2D eigenvalue weighted by atomic mass is 16.4. The fourth-order valence-corrected chi connectivity index (χ4v) is 4.39. The number of amides is 6. The van der Waals surface area contributed by atoms with Gasteiger partial charge < -0.3 is 64.4 Å². The summed E-state index contributed by atoms with van der Waals surface area (Å²) in [5.74, 6) is -8.26. The fraction of sp³-hybridized carbons (Fsp3) is 0.640. The molecule has 1 fully saturated rings. The first-order chi connectivity index (χ1) is 21.6.